The highest BCUT2D eigenvalue weighted by Crippen LogP contribution is 2.23. The second-order valence-corrected chi connectivity index (χ2v) is 8.35. The fraction of sp³-hybridized carbons (Fsp3) is 0.682. The minimum absolute atomic E-state index is 0. The number of hydrogen-bond acceptors (Lipinski definition) is 4. The third-order valence-electron chi connectivity index (χ3n) is 5.80. The van der Waals surface area contributed by atoms with Gasteiger partial charge in [-0.15, -0.1) is 24.8 Å². The van der Waals surface area contributed by atoms with Crippen LogP contribution >= 0.6 is 24.8 Å². The molecule has 0 spiro atoms. The fourth-order valence-corrected chi connectivity index (χ4v) is 4.26. The third-order valence-corrected chi connectivity index (χ3v) is 5.80. The number of aromatic hydroxyl groups is 1. The predicted octanol–water partition coefficient (Wildman–Crippen LogP) is 4.69. The molecule has 0 saturated carbocycles. The molecule has 2 heterocycles. The summed E-state index contributed by atoms with van der Waals surface area (Å²) in [7, 11) is 0. The Balaban J connectivity index is 0.00000196. The molecule has 6 heteroatoms. The molecule has 2 saturated heterocycles. The van der Waals surface area contributed by atoms with Gasteiger partial charge in [0.1, 0.15) is 0 Å². The van der Waals surface area contributed by atoms with Gasteiger partial charge in [0.15, 0.2) is 5.75 Å². The van der Waals surface area contributed by atoms with Gasteiger partial charge < -0.3 is 5.11 Å². The largest absolute Gasteiger partial charge is 0.504 e. The van der Waals surface area contributed by atoms with Crippen LogP contribution in [-0.4, -0.2) is 41.1 Å². The van der Waals surface area contributed by atoms with Crippen molar-refractivity contribution < 1.29 is 5.11 Å². The second kappa shape index (κ2) is 12.0. The van der Waals surface area contributed by atoms with Crippen molar-refractivity contribution in [1.29, 1.82) is 0 Å². The van der Waals surface area contributed by atoms with E-state index in [1.165, 1.54) is 44.1 Å². The molecule has 1 N–H and O–H groups in total. The molecule has 28 heavy (non-hydrogen) atoms. The van der Waals surface area contributed by atoms with Gasteiger partial charge in [0.25, 0.3) is 0 Å². The number of rotatable bonds is 5. The molecule has 0 aliphatic carbocycles. The molecule has 4 nitrogen and oxygen atoms in total. The molecule has 0 unspecified atom stereocenters. The van der Waals surface area contributed by atoms with Gasteiger partial charge in [0.2, 0.25) is 5.43 Å². The van der Waals surface area contributed by atoms with E-state index in [0.717, 1.165) is 43.9 Å². The Kier molecular flexibility index (Phi) is 10.8. The number of hydrogen-bond donors (Lipinski definition) is 1. The summed E-state index contributed by atoms with van der Waals surface area (Å²) in [6, 6.07) is 4.13. The maximum Gasteiger partial charge on any atom is 0.223 e. The smallest absolute Gasteiger partial charge is 0.223 e. The van der Waals surface area contributed by atoms with Crippen LogP contribution in [0.15, 0.2) is 16.9 Å². The number of likely N-dealkylation sites (tertiary alicyclic amines) is 2. The summed E-state index contributed by atoms with van der Waals surface area (Å²) in [5, 5.41) is 10.7. The lowest BCUT2D eigenvalue weighted by Crippen LogP contribution is -2.30. The van der Waals surface area contributed by atoms with Crippen LogP contribution in [0.1, 0.15) is 75.0 Å². The van der Waals surface area contributed by atoms with Gasteiger partial charge in [-0.1, -0.05) is 32.8 Å². The Morgan fingerprint density at radius 3 is 1.86 bits per heavy atom. The summed E-state index contributed by atoms with van der Waals surface area (Å²) in [5.74, 6) is 0.0768. The van der Waals surface area contributed by atoms with Crippen LogP contribution < -0.4 is 5.43 Å². The fourth-order valence-electron chi connectivity index (χ4n) is 4.26. The molecule has 3 rings (SSSR count). The normalized spacial score (nSPS) is 18.4. The summed E-state index contributed by atoms with van der Waals surface area (Å²) in [6.45, 7) is 10.0. The van der Waals surface area contributed by atoms with Gasteiger partial charge in [-0.05, 0) is 69.4 Å². The maximum absolute atomic E-state index is 12.8. The molecule has 0 aromatic heterocycles. The van der Waals surface area contributed by atoms with Gasteiger partial charge in [-0.3, -0.25) is 14.6 Å². The summed E-state index contributed by atoms with van der Waals surface area (Å²) in [6.07, 6.45) is 7.55. The lowest BCUT2D eigenvalue weighted by Gasteiger charge is -2.27. The average Bonchev–Trinajstić information content (AvgIpc) is 2.76. The lowest BCUT2D eigenvalue weighted by atomic mass is 10.0. The van der Waals surface area contributed by atoms with Crippen LogP contribution in [0.25, 0.3) is 0 Å². The molecule has 0 bridgehead atoms. The highest BCUT2D eigenvalue weighted by atomic mass is 35.5. The minimum atomic E-state index is -0.183. The van der Waals surface area contributed by atoms with E-state index in [9.17, 15) is 9.90 Å². The van der Waals surface area contributed by atoms with Gasteiger partial charge in [0, 0.05) is 24.2 Å². The predicted molar refractivity (Wildman–Crippen MR) is 121 cm³/mol. The van der Waals surface area contributed by atoms with Gasteiger partial charge in [-0.25, -0.2) is 0 Å². The first-order valence-corrected chi connectivity index (χ1v) is 10.4. The molecule has 2 fully saturated rings. The van der Waals surface area contributed by atoms with Crippen LogP contribution in [0.4, 0.5) is 0 Å². The summed E-state index contributed by atoms with van der Waals surface area (Å²) >= 11 is 0. The summed E-state index contributed by atoms with van der Waals surface area (Å²) in [5.41, 5.74) is 2.52. The van der Waals surface area contributed by atoms with Crippen molar-refractivity contribution in [2.75, 3.05) is 26.2 Å². The molecular weight excluding hydrogens is 395 g/mol. The van der Waals surface area contributed by atoms with Crippen LogP contribution in [-0.2, 0) is 13.1 Å². The standard InChI is InChI=1S/C22H34N2O2.2ClH/c1-17(2)20-14-18(15-23-9-5-3-6-10-23)13-19(21(25)22(20)26)16-24-11-7-4-8-12-24;;/h13-14,17H,3-12,15-16H2,1-2H3,(H,25,26);2*1H. The number of piperidine rings is 2. The van der Waals surface area contributed by atoms with E-state index in [1.54, 1.807) is 0 Å². The average molecular weight is 431 g/mol. The zero-order chi connectivity index (χ0) is 18.5. The Bertz CT molecular complexity index is 670. The van der Waals surface area contributed by atoms with Crippen molar-refractivity contribution in [2.24, 2.45) is 0 Å². The Morgan fingerprint density at radius 1 is 0.857 bits per heavy atom. The quantitative estimate of drug-likeness (QED) is 0.735. The van der Waals surface area contributed by atoms with Crippen molar-refractivity contribution in [3.63, 3.8) is 0 Å². The molecule has 1 aromatic carbocycles. The molecule has 160 valence electrons. The van der Waals surface area contributed by atoms with E-state index in [-0.39, 0.29) is 41.9 Å². The van der Waals surface area contributed by atoms with Crippen molar-refractivity contribution in [3.8, 4) is 5.75 Å². The van der Waals surface area contributed by atoms with E-state index in [1.807, 2.05) is 19.9 Å². The number of halogens is 2. The maximum atomic E-state index is 12.8. The molecule has 2 aliphatic rings. The van der Waals surface area contributed by atoms with Gasteiger partial charge >= 0.3 is 0 Å². The van der Waals surface area contributed by atoms with E-state index < -0.39 is 0 Å². The van der Waals surface area contributed by atoms with E-state index >= 15 is 0 Å². The zero-order valence-electron chi connectivity index (χ0n) is 17.3. The molecular formula is C22H36Cl2N2O2. The van der Waals surface area contributed by atoms with Crippen LogP contribution in [0.2, 0.25) is 0 Å². The van der Waals surface area contributed by atoms with Crippen molar-refractivity contribution in [1.82, 2.24) is 9.80 Å². The molecule has 1 aromatic rings. The van der Waals surface area contributed by atoms with E-state index in [0.29, 0.717) is 6.54 Å². The first-order chi connectivity index (χ1) is 12.5. The molecule has 0 radical (unpaired) electrons. The van der Waals surface area contributed by atoms with E-state index in [2.05, 4.69) is 15.9 Å². The highest BCUT2D eigenvalue weighted by Gasteiger charge is 2.18. The highest BCUT2D eigenvalue weighted by molar-refractivity contribution is 5.85. The Labute approximate surface area is 182 Å². The van der Waals surface area contributed by atoms with Crippen LogP contribution in [0, 0.1) is 0 Å². The zero-order valence-corrected chi connectivity index (χ0v) is 18.9. The van der Waals surface area contributed by atoms with Crippen molar-refractivity contribution in [3.05, 3.63) is 39.0 Å². The summed E-state index contributed by atoms with van der Waals surface area (Å²) < 4.78 is 0. The van der Waals surface area contributed by atoms with E-state index in [4.69, 9.17) is 0 Å². The van der Waals surface area contributed by atoms with Crippen LogP contribution in [0.3, 0.4) is 0 Å². The van der Waals surface area contributed by atoms with Crippen molar-refractivity contribution >= 4 is 24.8 Å². The first-order valence-electron chi connectivity index (χ1n) is 10.4. The van der Waals surface area contributed by atoms with Crippen LogP contribution in [0.5, 0.6) is 5.75 Å². The van der Waals surface area contributed by atoms with Gasteiger partial charge in [0.05, 0.1) is 0 Å². The second-order valence-electron chi connectivity index (χ2n) is 8.35. The Hall–Kier alpha value is -0.810. The monoisotopic (exact) mass is 430 g/mol. The molecule has 2 aliphatic heterocycles. The minimum Gasteiger partial charge on any atom is -0.504 e. The van der Waals surface area contributed by atoms with Crippen molar-refractivity contribution in [2.45, 2.75) is 71.4 Å². The first kappa shape index (κ1) is 25.2. The Morgan fingerprint density at radius 2 is 1.36 bits per heavy atom. The number of nitrogens with zero attached hydrogens (tertiary/aromatic N) is 2. The lowest BCUT2D eigenvalue weighted by molar-refractivity contribution is 0.216. The third kappa shape index (κ3) is 6.62. The SMILES string of the molecule is CC(C)c1cc(CN2CCCCC2)cc(CN2CCCCC2)c(O)c1=O.Cl.Cl. The topological polar surface area (TPSA) is 43.8 Å². The molecule has 0 amide bonds. The molecule has 0 atom stereocenters. The van der Waals surface area contributed by atoms with Gasteiger partial charge in [-0.2, -0.15) is 0 Å². The summed E-state index contributed by atoms with van der Waals surface area (Å²) in [4.78, 5) is 17.7.